The van der Waals surface area contributed by atoms with Gasteiger partial charge in [-0.1, -0.05) is 66.7 Å². The van der Waals surface area contributed by atoms with Crippen molar-refractivity contribution in [2.45, 2.75) is 38.6 Å². The first-order chi connectivity index (χ1) is 18.4. The van der Waals surface area contributed by atoms with Gasteiger partial charge in [0.25, 0.3) is 5.91 Å². The van der Waals surface area contributed by atoms with Gasteiger partial charge in [-0.2, -0.15) is 0 Å². The third kappa shape index (κ3) is 5.47. The van der Waals surface area contributed by atoms with Crippen molar-refractivity contribution in [2.75, 3.05) is 11.4 Å². The molecule has 1 aliphatic rings. The second kappa shape index (κ2) is 11.2. The molecule has 0 saturated carbocycles. The molecule has 0 radical (unpaired) electrons. The standard InChI is InChI=1S/C32H31FN2O3/c1-21(26-8-4-5-11-29(26)33)34-31(36)25-16-17-30-24(19-25)7-6-18-35(30)20-22-12-14-23(15-13-22)27-9-2-3-10-28(27)32(37)38/h2-5,8-17,19,21,32,37-38H,6-7,18,20H2,1H3,(H,34,36). The number of benzene rings is 4. The molecule has 0 spiro atoms. The highest BCUT2D eigenvalue weighted by molar-refractivity contribution is 5.95. The summed E-state index contributed by atoms with van der Waals surface area (Å²) in [4.78, 5) is 15.3. The van der Waals surface area contributed by atoms with Crippen LogP contribution in [0.4, 0.5) is 10.1 Å². The smallest absolute Gasteiger partial charge is 0.251 e. The highest BCUT2D eigenvalue weighted by Gasteiger charge is 2.20. The van der Waals surface area contributed by atoms with E-state index < -0.39 is 12.3 Å². The van der Waals surface area contributed by atoms with Gasteiger partial charge >= 0.3 is 0 Å². The first-order valence-corrected chi connectivity index (χ1v) is 12.9. The van der Waals surface area contributed by atoms with Crippen LogP contribution in [0.15, 0.2) is 91.0 Å². The van der Waals surface area contributed by atoms with Gasteiger partial charge in [-0.15, -0.1) is 0 Å². The fourth-order valence-corrected chi connectivity index (χ4v) is 5.16. The molecule has 4 aromatic rings. The number of halogens is 1. The first-order valence-electron chi connectivity index (χ1n) is 12.9. The molecule has 38 heavy (non-hydrogen) atoms. The van der Waals surface area contributed by atoms with Crippen LogP contribution in [-0.4, -0.2) is 22.7 Å². The summed E-state index contributed by atoms with van der Waals surface area (Å²) < 4.78 is 14.1. The number of aryl methyl sites for hydroxylation is 1. The van der Waals surface area contributed by atoms with Crippen molar-refractivity contribution in [2.24, 2.45) is 0 Å². The second-order valence-electron chi connectivity index (χ2n) is 9.74. The summed E-state index contributed by atoms with van der Waals surface area (Å²) in [6.45, 7) is 3.43. The fraction of sp³-hybridized carbons (Fsp3) is 0.219. The number of carbonyl (C=O) groups is 1. The van der Waals surface area contributed by atoms with Crippen molar-refractivity contribution in [3.05, 3.63) is 125 Å². The van der Waals surface area contributed by atoms with Gasteiger partial charge in [0.1, 0.15) is 5.82 Å². The third-order valence-electron chi connectivity index (χ3n) is 7.15. The van der Waals surface area contributed by atoms with E-state index >= 15 is 0 Å². The minimum Gasteiger partial charge on any atom is -0.367 e. The fourth-order valence-electron chi connectivity index (χ4n) is 5.16. The van der Waals surface area contributed by atoms with Crippen molar-refractivity contribution in [1.82, 2.24) is 5.32 Å². The molecule has 0 fully saturated rings. The number of amides is 1. The van der Waals surface area contributed by atoms with Crippen molar-refractivity contribution in [3.8, 4) is 11.1 Å². The molecule has 3 N–H and O–H groups in total. The monoisotopic (exact) mass is 510 g/mol. The number of carbonyl (C=O) groups excluding carboxylic acids is 1. The number of fused-ring (bicyclic) bond motifs is 1. The van der Waals surface area contributed by atoms with Gasteiger partial charge in [0, 0.05) is 35.5 Å². The molecule has 5 rings (SSSR count). The molecule has 194 valence electrons. The quantitative estimate of drug-likeness (QED) is 0.270. The van der Waals surface area contributed by atoms with Crippen LogP contribution in [0.2, 0.25) is 0 Å². The van der Waals surface area contributed by atoms with E-state index in [4.69, 9.17) is 0 Å². The van der Waals surface area contributed by atoms with Crippen LogP contribution in [-0.2, 0) is 13.0 Å². The lowest BCUT2D eigenvalue weighted by atomic mass is 9.96. The number of nitrogens with one attached hydrogen (secondary N) is 1. The normalized spacial score (nSPS) is 13.8. The van der Waals surface area contributed by atoms with Crippen LogP contribution >= 0.6 is 0 Å². The van der Waals surface area contributed by atoms with Gasteiger partial charge in [-0.25, -0.2) is 4.39 Å². The molecular weight excluding hydrogens is 479 g/mol. The second-order valence-corrected chi connectivity index (χ2v) is 9.74. The van der Waals surface area contributed by atoms with Gasteiger partial charge in [0.05, 0.1) is 6.04 Å². The Labute approximate surface area is 222 Å². The maximum Gasteiger partial charge on any atom is 0.251 e. The highest BCUT2D eigenvalue weighted by atomic mass is 19.1. The lowest BCUT2D eigenvalue weighted by molar-refractivity contribution is -0.0420. The number of hydrogen-bond donors (Lipinski definition) is 3. The lowest BCUT2D eigenvalue weighted by Gasteiger charge is -2.32. The number of anilines is 1. The van der Waals surface area contributed by atoms with Gasteiger partial charge in [-0.05, 0) is 66.3 Å². The molecule has 0 aliphatic carbocycles. The minimum absolute atomic E-state index is 0.218. The van der Waals surface area contributed by atoms with Crippen molar-refractivity contribution >= 4 is 11.6 Å². The van der Waals surface area contributed by atoms with E-state index in [2.05, 4.69) is 22.3 Å². The Morgan fingerprint density at radius 1 is 0.947 bits per heavy atom. The van der Waals surface area contributed by atoms with E-state index in [1.54, 1.807) is 37.3 Å². The molecule has 0 bridgehead atoms. The highest BCUT2D eigenvalue weighted by Crippen LogP contribution is 2.31. The molecule has 1 aliphatic heterocycles. The minimum atomic E-state index is -1.52. The molecular formula is C32H31FN2O3. The summed E-state index contributed by atoms with van der Waals surface area (Å²) in [6, 6.07) is 27.3. The summed E-state index contributed by atoms with van der Waals surface area (Å²) in [6.07, 6.45) is 0.365. The zero-order valence-electron chi connectivity index (χ0n) is 21.3. The largest absolute Gasteiger partial charge is 0.367 e. The maximum atomic E-state index is 14.1. The Hall–Kier alpha value is -4.00. The Bertz CT molecular complexity index is 1440. The summed E-state index contributed by atoms with van der Waals surface area (Å²) >= 11 is 0. The number of aliphatic hydroxyl groups excluding tert-OH is 1. The Morgan fingerprint density at radius 3 is 2.39 bits per heavy atom. The van der Waals surface area contributed by atoms with E-state index in [-0.39, 0.29) is 11.7 Å². The summed E-state index contributed by atoms with van der Waals surface area (Å²) in [7, 11) is 0. The van der Waals surface area contributed by atoms with Gasteiger partial charge in [0.15, 0.2) is 6.29 Å². The van der Waals surface area contributed by atoms with Crippen LogP contribution in [0.3, 0.4) is 0 Å². The molecule has 5 nitrogen and oxygen atoms in total. The van der Waals surface area contributed by atoms with Gasteiger partial charge in [-0.3, -0.25) is 4.79 Å². The van der Waals surface area contributed by atoms with Crippen molar-refractivity contribution < 1.29 is 19.4 Å². The van der Waals surface area contributed by atoms with Crippen molar-refractivity contribution in [1.29, 1.82) is 0 Å². The number of rotatable bonds is 7. The molecule has 4 aromatic carbocycles. The van der Waals surface area contributed by atoms with Crippen LogP contribution in [0.1, 0.15) is 58.3 Å². The molecule has 1 heterocycles. The zero-order chi connectivity index (χ0) is 26.6. The van der Waals surface area contributed by atoms with E-state index in [1.165, 1.54) is 6.07 Å². The van der Waals surface area contributed by atoms with Crippen LogP contribution in [0.5, 0.6) is 0 Å². The SMILES string of the molecule is CC(NC(=O)c1ccc2c(c1)CCCN2Cc1ccc(-c2ccccc2C(O)O)cc1)c1ccccc1F. The molecule has 0 saturated heterocycles. The molecule has 1 amide bonds. The number of hydrogen-bond acceptors (Lipinski definition) is 4. The Balaban J connectivity index is 1.29. The van der Waals surface area contributed by atoms with E-state index in [9.17, 15) is 19.4 Å². The van der Waals surface area contributed by atoms with Crippen molar-refractivity contribution in [3.63, 3.8) is 0 Å². The molecule has 6 heteroatoms. The topological polar surface area (TPSA) is 72.8 Å². The lowest BCUT2D eigenvalue weighted by Crippen LogP contribution is -2.30. The predicted octanol–water partition coefficient (Wildman–Crippen LogP) is 5.92. The molecule has 1 atom stereocenters. The summed E-state index contributed by atoms with van der Waals surface area (Å²) in [5.41, 5.74) is 6.63. The van der Waals surface area contributed by atoms with Gasteiger partial charge in [0.2, 0.25) is 0 Å². The van der Waals surface area contributed by atoms with E-state index in [1.807, 2.05) is 42.5 Å². The average Bonchev–Trinajstić information content (AvgIpc) is 2.93. The molecule has 0 aromatic heterocycles. The molecule has 1 unspecified atom stereocenters. The Kier molecular flexibility index (Phi) is 7.54. The van der Waals surface area contributed by atoms with Crippen LogP contribution < -0.4 is 10.2 Å². The number of aliphatic hydroxyl groups is 2. The maximum absolute atomic E-state index is 14.1. The van der Waals surface area contributed by atoms with Crippen LogP contribution in [0, 0.1) is 5.82 Å². The third-order valence-corrected chi connectivity index (χ3v) is 7.15. The van der Waals surface area contributed by atoms with Gasteiger partial charge < -0.3 is 20.4 Å². The average molecular weight is 511 g/mol. The first kappa shape index (κ1) is 25.6. The summed E-state index contributed by atoms with van der Waals surface area (Å²) in [5, 5.41) is 22.3. The zero-order valence-corrected chi connectivity index (χ0v) is 21.3. The predicted molar refractivity (Wildman–Crippen MR) is 147 cm³/mol. The van der Waals surface area contributed by atoms with Crippen LogP contribution in [0.25, 0.3) is 11.1 Å². The van der Waals surface area contributed by atoms with E-state index in [0.29, 0.717) is 16.7 Å². The Morgan fingerprint density at radius 2 is 1.66 bits per heavy atom. The summed E-state index contributed by atoms with van der Waals surface area (Å²) in [5.74, 6) is -0.547. The van der Waals surface area contributed by atoms with E-state index in [0.717, 1.165) is 53.9 Å². The number of nitrogens with zero attached hydrogens (tertiary/aromatic N) is 1.